The lowest BCUT2D eigenvalue weighted by Crippen LogP contribution is -2.53. The second kappa shape index (κ2) is 7.50. The Kier molecular flexibility index (Phi) is 4.92. The zero-order valence-corrected chi connectivity index (χ0v) is 15.4. The standard InChI is InChI=1S/C20H24N4O3/c25-18-7-6-17(21-22-18)20(27)24-10-8-23(9-11-24)19(26)13-14-4-5-15-2-1-3-16(15)12-14/h4-5,12H,1-3,6-11,13H2,(H,22,25). The number of rotatable bonds is 3. The van der Waals surface area contributed by atoms with E-state index in [1.54, 1.807) is 4.90 Å². The molecule has 0 unspecified atom stereocenters. The molecule has 1 aliphatic carbocycles. The maximum Gasteiger partial charge on any atom is 0.270 e. The van der Waals surface area contributed by atoms with Crippen molar-refractivity contribution in [1.82, 2.24) is 15.2 Å². The van der Waals surface area contributed by atoms with Gasteiger partial charge in [0.2, 0.25) is 11.8 Å². The summed E-state index contributed by atoms with van der Waals surface area (Å²) >= 11 is 0. The first kappa shape index (κ1) is 17.7. The Balaban J connectivity index is 1.30. The second-order valence-corrected chi connectivity index (χ2v) is 7.40. The number of hydrogen-bond acceptors (Lipinski definition) is 4. The number of carbonyl (C=O) groups is 3. The summed E-state index contributed by atoms with van der Waals surface area (Å²) in [6.45, 7) is 2.08. The molecule has 0 atom stereocenters. The van der Waals surface area contributed by atoms with Gasteiger partial charge in [-0.15, -0.1) is 0 Å². The number of amides is 3. The molecule has 1 fully saturated rings. The van der Waals surface area contributed by atoms with Gasteiger partial charge in [0, 0.05) is 39.0 Å². The van der Waals surface area contributed by atoms with Crippen molar-refractivity contribution < 1.29 is 14.4 Å². The Morgan fingerprint density at radius 3 is 2.44 bits per heavy atom. The van der Waals surface area contributed by atoms with Gasteiger partial charge >= 0.3 is 0 Å². The van der Waals surface area contributed by atoms with Crippen LogP contribution in [0.4, 0.5) is 0 Å². The molecule has 3 aliphatic rings. The number of carbonyl (C=O) groups excluding carboxylic acids is 3. The molecule has 1 saturated heterocycles. The van der Waals surface area contributed by atoms with Crippen molar-refractivity contribution in [1.29, 1.82) is 0 Å². The van der Waals surface area contributed by atoms with E-state index in [-0.39, 0.29) is 17.7 Å². The van der Waals surface area contributed by atoms with E-state index in [9.17, 15) is 14.4 Å². The lowest BCUT2D eigenvalue weighted by atomic mass is 10.0. The molecule has 0 radical (unpaired) electrons. The topological polar surface area (TPSA) is 82.1 Å². The van der Waals surface area contributed by atoms with E-state index in [1.165, 1.54) is 17.5 Å². The van der Waals surface area contributed by atoms with E-state index < -0.39 is 0 Å². The van der Waals surface area contributed by atoms with Crippen molar-refractivity contribution >= 4 is 23.4 Å². The van der Waals surface area contributed by atoms with Crippen LogP contribution in [0.5, 0.6) is 0 Å². The van der Waals surface area contributed by atoms with Crippen LogP contribution >= 0.6 is 0 Å². The molecule has 0 spiro atoms. The first-order chi connectivity index (χ1) is 13.1. The molecule has 3 amide bonds. The van der Waals surface area contributed by atoms with Crippen LogP contribution in [-0.2, 0) is 33.6 Å². The summed E-state index contributed by atoms with van der Waals surface area (Å²) in [7, 11) is 0. The van der Waals surface area contributed by atoms with Gasteiger partial charge in [-0.2, -0.15) is 5.10 Å². The van der Waals surface area contributed by atoms with E-state index in [2.05, 4.69) is 28.7 Å². The summed E-state index contributed by atoms with van der Waals surface area (Å²) in [4.78, 5) is 39.8. The lowest BCUT2D eigenvalue weighted by Gasteiger charge is -2.35. The molecule has 1 aromatic rings. The minimum atomic E-state index is -0.159. The quantitative estimate of drug-likeness (QED) is 0.851. The fourth-order valence-electron chi connectivity index (χ4n) is 3.99. The minimum Gasteiger partial charge on any atom is -0.339 e. The number of hydrazone groups is 1. The molecular formula is C20H24N4O3. The predicted octanol–water partition coefficient (Wildman–Crippen LogP) is 0.655. The summed E-state index contributed by atoms with van der Waals surface area (Å²) in [6, 6.07) is 6.40. The zero-order valence-electron chi connectivity index (χ0n) is 15.4. The third kappa shape index (κ3) is 3.86. The Morgan fingerprint density at radius 2 is 1.70 bits per heavy atom. The minimum absolute atomic E-state index is 0.113. The van der Waals surface area contributed by atoms with Crippen LogP contribution in [0.25, 0.3) is 0 Å². The van der Waals surface area contributed by atoms with E-state index in [0.29, 0.717) is 51.2 Å². The average Bonchev–Trinajstić information content (AvgIpc) is 3.16. The van der Waals surface area contributed by atoms with Gasteiger partial charge in [0.1, 0.15) is 5.71 Å². The SMILES string of the molecule is O=C1CCC(C(=O)N2CCN(C(=O)Cc3ccc4c(c3)CCC4)CC2)=NN1. The molecule has 1 N–H and O–H groups in total. The fourth-order valence-corrected chi connectivity index (χ4v) is 3.99. The maximum absolute atomic E-state index is 12.6. The Bertz CT molecular complexity index is 809. The van der Waals surface area contributed by atoms with Gasteiger partial charge in [-0.25, -0.2) is 5.43 Å². The summed E-state index contributed by atoms with van der Waals surface area (Å²) in [6.07, 6.45) is 4.56. The van der Waals surface area contributed by atoms with Crippen molar-refractivity contribution in [2.75, 3.05) is 26.2 Å². The third-order valence-corrected chi connectivity index (χ3v) is 5.59. The first-order valence-electron chi connectivity index (χ1n) is 9.63. The Morgan fingerprint density at radius 1 is 0.963 bits per heavy atom. The molecule has 7 nitrogen and oxygen atoms in total. The van der Waals surface area contributed by atoms with E-state index in [4.69, 9.17) is 0 Å². The van der Waals surface area contributed by atoms with Crippen LogP contribution in [-0.4, -0.2) is 59.4 Å². The summed E-state index contributed by atoms with van der Waals surface area (Å²) in [5.74, 6) is -0.184. The van der Waals surface area contributed by atoms with Crippen molar-refractivity contribution in [3.8, 4) is 0 Å². The highest BCUT2D eigenvalue weighted by Gasteiger charge is 2.28. The van der Waals surface area contributed by atoms with Crippen molar-refractivity contribution in [3.63, 3.8) is 0 Å². The highest BCUT2D eigenvalue weighted by molar-refractivity contribution is 6.39. The lowest BCUT2D eigenvalue weighted by molar-refractivity contribution is -0.136. The van der Waals surface area contributed by atoms with Crippen LogP contribution in [0, 0.1) is 0 Å². The molecule has 142 valence electrons. The number of aryl methyl sites for hydroxylation is 2. The monoisotopic (exact) mass is 368 g/mol. The third-order valence-electron chi connectivity index (χ3n) is 5.59. The molecule has 0 bridgehead atoms. The van der Waals surface area contributed by atoms with Gasteiger partial charge in [0.15, 0.2) is 0 Å². The van der Waals surface area contributed by atoms with Crippen LogP contribution in [0.3, 0.4) is 0 Å². The largest absolute Gasteiger partial charge is 0.339 e. The van der Waals surface area contributed by atoms with Gasteiger partial charge in [-0.05, 0) is 36.0 Å². The highest BCUT2D eigenvalue weighted by Crippen LogP contribution is 2.23. The highest BCUT2D eigenvalue weighted by atomic mass is 16.2. The number of fused-ring (bicyclic) bond motifs is 1. The maximum atomic E-state index is 12.6. The van der Waals surface area contributed by atoms with Crippen molar-refractivity contribution in [2.45, 2.75) is 38.5 Å². The predicted molar refractivity (Wildman–Crippen MR) is 100 cm³/mol. The van der Waals surface area contributed by atoms with Crippen LogP contribution < -0.4 is 5.43 Å². The van der Waals surface area contributed by atoms with E-state index >= 15 is 0 Å². The Labute approximate surface area is 158 Å². The van der Waals surface area contributed by atoms with Crippen LogP contribution in [0.15, 0.2) is 23.3 Å². The summed E-state index contributed by atoms with van der Waals surface area (Å²) < 4.78 is 0. The molecule has 2 heterocycles. The molecule has 4 rings (SSSR count). The number of benzene rings is 1. The van der Waals surface area contributed by atoms with Gasteiger partial charge in [-0.3, -0.25) is 14.4 Å². The van der Waals surface area contributed by atoms with E-state index in [0.717, 1.165) is 18.4 Å². The number of nitrogens with zero attached hydrogens (tertiary/aromatic N) is 3. The molecular weight excluding hydrogens is 344 g/mol. The number of piperazine rings is 1. The number of nitrogens with one attached hydrogen (secondary N) is 1. The molecule has 0 aromatic heterocycles. The van der Waals surface area contributed by atoms with Gasteiger partial charge in [-0.1, -0.05) is 18.2 Å². The molecule has 27 heavy (non-hydrogen) atoms. The van der Waals surface area contributed by atoms with Gasteiger partial charge in [0.05, 0.1) is 6.42 Å². The van der Waals surface area contributed by atoms with Crippen molar-refractivity contribution in [2.24, 2.45) is 5.10 Å². The molecule has 1 aromatic carbocycles. The van der Waals surface area contributed by atoms with Crippen molar-refractivity contribution in [3.05, 3.63) is 34.9 Å². The molecule has 7 heteroatoms. The Hall–Kier alpha value is -2.70. The average molecular weight is 368 g/mol. The fraction of sp³-hybridized carbons (Fsp3) is 0.500. The second-order valence-electron chi connectivity index (χ2n) is 7.40. The first-order valence-corrected chi connectivity index (χ1v) is 9.63. The van der Waals surface area contributed by atoms with Gasteiger partial charge < -0.3 is 9.80 Å². The normalized spacial score (nSPS) is 19.4. The van der Waals surface area contributed by atoms with Crippen LogP contribution in [0.2, 0.25) is 0 Å². The van der Waals surface area contributed by atoms with Gasteiger partial charge in [0.25, 0.3) is 5.91 Å². The van der Waals surface area contributed by atoms with Crippen LogP contribution in [0.1, 0.15) is 36.0 Å². The zero-order chi connectivity index (χ0) is 18.8. The summed E-state index contributed by atoms with van der Waals surface area (Å²) in [5, 5.41) is 3.87. The molecule has 0 saturated carbocycles. The summed E-state index contributed by atoms with van der Waals surface area (Å²) in [5.41, 5.74) is 6.63. The van der Waals surface area contributed by atoms with E-state index in [1.807, 2.05) is 4.90 Å². The smallest absolute Gasteiger partial charge is 0.270 e. The molecule has 2 aliphatic heterocycles. The number of hydrogen-bond donors (Lipinski definition) is 1.